The molecule has 0 fully saturated rings. The Morgan fingerprint density at radius 2 is 2.00 bits per heavy atom. The zero-order valence-corrected chi connectivity index (χ0v) is 18.9. The molecule has 1 aliphatic rings. The van der Waals surface area contributed by atoms with Crippen LogP contribution in [0.15, 0.2) is 65.3 Å². The summed E-state index contributed by atoms with van der Waals surface area (Å²) in [5, 5.41) is 11.1. The Kier molecular flexibility index (Phi) is 6.31. The molecule has 2 amide bonds. The summed E-state index contributed by atoms with van der Waals surface area (Å²) in [5.41, 5.74) is 1.80. The minimum absolute atomic E-state index is 0.0802. The van der Waals surface area contributed by atoms with Crippen molar-refractivity contribution in [3.63, 3.8) is 0 Å². The Hall–Kier alpha value is -4.38. The Bertz CT molecular complexity index is 1340. The molecule has 0 aliphatic carbocycles. The van der Waals surface area contributed by atoms with Crippen molar-refractivity contribution in [1.82, 2.24) is 20.3 Å². The summed E-state index contributed by atoms with van der Waals surface area (Å²) in [5.74, 6) is 0.510. The number of hydrogen-bond acceptors (Lipinski definition) is 8. The molecule has 0 saturated heterocycles. The van der Waals surface area contributed by atoms with Gasteiger partial charge in [-0.3, -0.25) is 14.5 Å². The van der Waals surface area contributed by atoms with Crippen LogP contribution in [0.25, 0.3) is 11.0 Å². The molecule has 1 N–H and O–H groups in total. The lowest BCUT2D eigenvalue weighted by molar-refractivity contribution is -0.127. The molecule has 180 valence electrons. The van der Waals surface area contributed by atoms with E-state index in [4.69, 9.17) is 18.6 Å². The topological polar surface area (TPSA) is 121 Å². The number of methoxy groups -OCH3 is 1. The van der Waals surface area contributed by atoms with Crippen molar-refractivity contribution in [3.05, 3.63) is 66.6 Å². The number of carbonyl (C=O) groups excluding carboxylic acids is 2. The fraction of sp³-hybridized carbons (Fsp3) is 0.250. The number of rotatable bonds is 9. The van der Waals surface area contributed by atoms with Gasteiger partial charge in [-0.1, -0.05) is 17.3 Å². The summed E-state index contributed by atoms with van der Waals surface area (Å²) < 4.78 is 23.1. The maximum atomic E-state index is 13.8. The van der Waals surface area contributed by atoms with Crippen LogP contribution in [0.4, 0.5) is 5.69 Å². The second kappa shape index (κ2) is 9.85. The van der Waals surface area contributed by atoms with Gasteiger partial charge in [0, 0.05) is 25.4 Å². The molecule has 11 heteroatoms. The molecule has 0 spiro atoms. The Morgan fingerprint density at radius 1 is 1.14 bits per heavy atom. The minimum atomic E-state index is -1.09. The highest BCUT2D eigenvalue weighted by Crippen LogP contribution is 2.38. The smallest absolute Gasteiger partial charge is 0.251 e. The minimum Gasteiger partial charge on any atom is -0.467 e. The number of nitrogens with zero attached hydrogens (tertiary/aromatic N) is 4. The predicted molar refractivity (Wildman–Crippen MR) is 124 cm³/mol. The summed E-state index contributed by atoms with van der Waals surface area (Å²) in [7, 11) is 1.54. The van der Waals surface area contributed by atoms with E-state index in [1.54, 1.807) is 37.4 Å². The standard InChI is InChI=1S/C24H23N5O6/c1-32-12-10-25-24(31)23(20-7-4-11-33-20)29(16-8-9-19-21(13-16)35-15-34-19)22(30)14-28-18-6-3-2-5-17(18)26-27-28/h2-9,11,13,23H,10,12,14-15H2,1H3,(H,25,31)/t23-/m1/s1. The van der Waals surface area contributed by atoms with Crippen molar-refractivity contribution < 1.29 is 28.2 Å². The van der Waals surface area contributed by atoms with Crippen molar-refractivity contribution in [2.45, 2.75) is 12.6 Å². The van der Waals surface area contributed by atoms with E-state index in [0.717, 1.165) is 0 Å². The van der Waals surface area contributed by atoms with Crippen LogP contribution in [-0.2, 0) is 20.9 Å². The van der Waals surface area contributed by atoms with Crippen LogP contribution in [0.2, 0.25) is 0 Å². The Labute approximate surface area is 200 Å². The van der Waals surface area contributed by atoms with Crippen LogP contribution in [0.3, 0.4) is 0 Å². The van der Waals surface area contributed by atoms with Gasteiger partial charge in [0.2, 0.25) is 12.7 Å². The van der Waals surface area contributed by atoms with E-state index in [1.165, 1.54) is 15.8 Å². The fourth-order valence-electron chi connectivity index (χ4n) is 3.90. The molecule has 0 radical (unpaired) electrons. The van der Waals surface area contributed by atoms with Crippen LogP contribution in [0, 0.1) is 0 Å². The number of aromatic nitrogens is 3. The van der Waals surface area contributed by atoms with Crippen LogP contribution < -0.4 is 19.7 Å². The molecule has 35 heavy (non-hydrogen) atoms. The molecule has 2 aromatic carbocycles. The molecule has 1 aliphatic heterocycles. The normalized spacial score (nSPS) is 13.1. The quantitative estimate of drug-likeness (QED) is 0.365. The van der Waals surface area contributed by atoms with E-state index in [-0.39, 0.29) is 19.9 Å². The summed E-state index contributed by atoms with van der Waals surface area (Å²) in [6, 6.07) is 14.6. The average molecular weight is 477 g/mol. The van der Waals surface area contributed by atoms with E-state index < -0.39 is 17.9 Å². The van der Waals surface area contributed by atoms with Crippen molar-refractivity contribution in [3.8, 4) is 11.5 Å². The van der Waals surface area contributed by atoms with Crippen LogP contribution >= 0.6 is 0 Å². The van der Waals surface area contributed by atoms with Gasteiger partial charge in [0.05, 0.1) is 18.4 Å². The predicted octanol–water partition coefficient (Wildman–Crippen LogP) is 2.29. The third-order valence-electron chi connectivity index (χ3n) is 5.53. The van der Waals surface area contributed by atoms with E-state index in [2.05, 4.69) is 15.6 Å². The monoisotopic (exact) mass is 477 g/mol. The van der Waals surface area contributed by atoms with Gasteiger partial charge in [-0.25, -0.2) is 4.68 Å². The largest absolute Gasteiger partial charge is 0.467 e. The third kappa shape index (κ3) is 4.53. The second-order valence-corrected chi connectivity index (χ2v) is 7.74. The van der Waals surface area contributed by atoms with E-state index >= 15 is 0 Å². The number of benzene rings is 2. The SMILES string of the molecule is COCCNC(=O)[C@@H](c1ccco1)N(C(=O)Cn1nnc2ccccc21)c1ccc2c(c1)OCO2. The van der Waals surface area contributed by atoms with Crippen molar-refractivity contribution >= 4 is 28.5 Å². The summed E-state index contributed by atoms with van der Waals surface area (Å²) in [6.07, 6.45) is 1.46. The first kappa shape index (κ1) is 22.4. The summed E-state index contributed by atoms with van der Waals surface area (Å²) in [6.45, 7) is 0.511. The number of anilines is 1. The highest BCUT2D eigenvalue weighted by molar-refractivity contribution is 6.01. The molecular weight excluding hydrogens is 454 g/mol. The number of para-hydroxylation sites is 1. The van der Waals surface area contributed by atoms with Gasteiger partial charge in [-0.2, -0.15) is 0 Å². The molecular formula is C24H23N5O6. The molecule has 11 nitrogen and oxygen atoms in total. The van der Waals surface area contributed by atoms with Gasteiger partial charge in [0.15, 0.2) is 17.5 Å². The van der Waals surface area contributed by atoms with Gasteiger partial charge in [-0.05, 0) is 36.4 Å². The zero-order valence-electron chi connectivity index (χ0n) is 18.9. The van der Waals surface area contributed by atoms with E-state index in [9.17, 15) is 9.59 Å². The molecule has 3 heterocycles. The first-order chi connectivity index (χ1) is 17.2. The maximum absolute atomic E-state index is 13.8. The van der Waals surface area contributed by atoms with Crippen molar-refractivity contribution in [2.75, 3.05) is 32.0 Å². The second-order valence-electron chi connectivity index (χ2n) is 7.74. The van der Waals surface area contributed by atoms with E-state index in [1.807, 2.05) is 24.3 Å². The summed E-state index contributed by atoms with van der Waals surface area (Å²) in [4.78, 5) is 28.6. The average Bonchev–Trinajstić information content (AvgIpc) is 3.63. The molecule has 4 aromatic rings. The number of ether oxygens (including phenoxy) is 3. The fourth-order valence-corrected chi connectivity index (χ4v) is 3.90. The molecule has 5 rings (SSSR count). The molecule has 0 saturated carbocycles. The van der Waals surface area contributed by atoms with Crippen molar-refractivity contribution in [1.29, 1.82) is 0 Å². The molecule has 0 bridgehead atoms. The number of hydrogen-bond donors (Lipinski definition) is 1. The number of amides is 2. The number of furan rings is 1. The summed E-state index contributed by atoms with van der Waals surface area (Å²) >= 11 is 0. The van der Waals surface area contributed by atoms with Crippen LogP contribution in [0.5, 0.6) is 11.5 Å². The Balaban J connectivity index is 1.55. The van der Waals surface area contributed by atoms with Gasteiger partial charge in [0.1, 0.15) is 17.8 Å². The number of nitrogens with one attached hydrogen (secondary N) is 1. The first-order valence-electron chi connectivity index (χ1n) is 11.0. The molecule has 0 unspecified atom stereocenters. The molecule has 2 aromatic heterocycles. The van der Waals surface area contributed by atoms with E-state index in [0.29, 0.717) is 40.6 Å². The van der Waals surface area contributed by atoms with Crippen LogP contribution in [-0.4, -0.2) is 53.9 Å². The number of carbonyl (C=O) groups is 2. The van der Waals surface area contributed by atoms with Gasteiger partial charge < -0.3 is 23.9 Å². The van der Waals surface area contributed by atoms with Crippen molar-refractivity contribution in [2.24, 2.45) is 0 Å². The lowest BCUT2D eigenvalue weighted by Gasteiger charge is -2.30. The van der Waals surface area contributed by atoms with Gasteiger partial charge in [0.25, 0.3) is 5.91 Å². The Morgan fingerprint density at radius 3 is 2.83 bits per heavy atom. The maximum Gasteiger partial charge on any atom is 0.251 e. The van der Waals surface area contributed by atoms with Gasteiger partial charge >= 0.3 is 0 Å². The highest BCUT2D eigenvalue weighted by atomic mass is 16.7. The highest BCUT2D eigenvalue weighted by Gasteiger charge is 2.36. The lowest BCUT2D eigenvalue weighted by atomic mass is 10.1. The van der Waals surface area contributed by atoms with Gasteiger partial charge in [-0.15, -0.1) is 5.10 Å². The number of fused-ring (bicyclic) bond motifs is 2. The molecule has 1 atom stereocenters. The van der Waals surface area contributed by atoms with Crippen LogP contribution in [0.1, 0.15) is 11.8 Å². The zero-order chi connectivity index (χ0) is 24.2. The first-order valence-corrected chi connectivity index (χ1v) is 11.0. The third-order valence-corrected chi connectivity index (χ3v) is 5.53. The lowest BCUT2D eigenvalue weighted by Crippen LogP contribution is -2.45.